The molecule has 3 heteroatoms. The number of fused-ring (bicyclic) bond motifs is 1. The number of hydrogen-bond acceptors (Lipinski definition) is 2. The second kappa shape index (κ2) is 4.73. The summed E-state index contributed by atoms with van der Waals surface area (Å²) < 4.78 is 0. The van der Waals surface area contributed by atoms with E-state index in [0.29, 0.717) is 17.8 Å². The van der Waals surface area contributed by atoms with Crippen LogP contribution in [0, 0.1) is 17.8 Å². The first-order valence-electron chi connectivity index (χ1n) is 6.84. The number of amides is 1. The first-order valence-corrected chi connectivity index (χ1v) is 6.84. The van der Waals surface area contributed by atoms with Gasteiger partial charge < -0.3 is 10.6 Å². The second-order valence-corrected chi connectivity index (χ2v) is 5.50. The molecule has 2 aliphatic carbocycles. The van der Waals surface area contributed by atoms with Gasteiger partial charge >= 0.3 is 0 Å². The minimum Gasteiger partial charge on any atom is -0.326 e. The number of carbonyl (C=O) groups excluding carboxylic acids is 1. The van der Waals surface area contributed by atoms with Gasteiger partial charge in [-0.1, -0.05) is 18.6 Å². The predicted molar refractivity (Wildman–Crippen MR) is 72.2 cm³/mol. The molecule has 0 heterocycles. The summed E-state index contributed by atoms with van der Waals surface area (Å²) in [4.78, 5) is 12.1. The first-order chi connectivity index (χ1) is 8.79. The smallest absolute Gasteiger partial charge is 0.228 e. The topological polar surface area (TPSA) is 41.1 Å². The summed E-state index contributed by atoms with van der Waals surface area (Å²) in [6.07, 6.45) is 3.82. The lowest BCUT2D eigenvalue weighted by molar-refractivity contribution is -0.118. The second-order valence-electron chi connectivity index (χ2n) is 5.50. The molecule has 0 aromatic heterocycles. The Morgan fingerprint density at radius 2 is 1.89 bits per heavy atom. The standard InChI is InChI=1S/C15H20N2O/c1-16-9-10-5-7-11(8-6-10)17-15(18)14-12-3-2-4-13(12)14/h5-8,12-14,16H,2-4,9H2,1H3,(H,17,18). The zero-order valence-electron chi connectivity index (χ0n) is 10.8. The van der Waals surface area contributed by atoms with Crippen molar-refractivity contribution < 1.29 is 4.79 Å². The highest BCUT2D eigenvalue weighted by molar-refractivity contribution is 5.95. The van der Waals surface area contributed by atoms with Gasteiger partial charge in [0.1, 0.15) is 0 Å². The van der Waals surface area contributed by atoms with Crippen LogP contribution in [-0.2, 0) is 11.3 Å². The van der Waals surface area contributed by atoms with Gasteiger partial charge in [-0.05, 0) is 49.4 Å². The van der Waals surface area contributed by atoms with Crippen LogP contribution in [0.15, 0.2) is 24.3 Å². The number of anilines is 1. The van der Waals surface area contributed by atoms with Crippen molar-refractivity contribution in [3.63, 3.8) is 0 Å². The summed E-state index contributed by atoms with van der Waals surface area (Å²) in [5, 5.41) is 6.15. The first kappa shape index (κ1) is 11.7. The molecule has 1 aromatic carbocycles. The average Bonchev–Trinajstić information content (AvgIpc) is 2.86. The lowest BCUT2D eigenvalue weighted by Gasteiger charge is -2.07. The van der Waals surface area contributed by atoms with Crippen LogP contribution < -0.4 is 10.6 Å². The molecule has 1 aromatic rings. The van der Waals surface area contributed by atoms with Crippen molar-refractivity contribution in [2.45, 2.75) is 25.8 Å². The minimum atomic E-state index is 0.228. The van der Waals surface area contributed by atoms with Crippen LogP contribution in [0.5, 0.6) is 0 Å². The number of rotatable bonds is 4. The van der Waals surface area contributed by atoms with Crippen molar-refractivity contribution >= 4 is 11.6 Å². The Morgan fingerprint density at radius 3 is 2.50 bits per heavy atom. The van der Waals surface area contributed by atoms with Crippen molar-refractivity contribution in [3.8, 4) is 0 Å². The van der Waals surface area contributed by atoms with Gasteiger partial charge in [0.25, 0.3) is 0 Å². The highest BCUT2D eigenvalue weighted by Crippen LogP contribution is 2.57. The molecular weight excluding hydrogens is 224 g/mol. The maximum atomic E-state index is 12.1. The molecule has 96 valence electrons. The van der Waals surface area contributed by atoms with E-state index in [1.165, 1.54) is 24.8 Å². The van der Waals surface area contributed by atoms with Gasteiger partial charge in [0.2, 0.25) is 5.91 Å². The fourth-order valence-corrected chi connectivity index (χ4v) is 3.35. The Balaban J connectivity index is 1.57. The van der Waals surface area contributed by atoms with Crippen molar-refractivity contribution in [2.75, 3.05) is 12.4 Å². The zero-order chi connectivity index (χ0) is 12.5. The molecule has 2 fully saturated rings. The Morgan fingerprint density at radius 1 is 1.22 bits per heavy atom. The van der Waals surface area contributed by atoms with Crippen LogP contribution in [0.1, 0.15) is 24.8 Å². The van der Waals surface area contributed by atoms with Gasteiger partial charge in [-0.2, -0.15) is 0 Å². The highest BCUT2D eigenvalue weighted by atomic mass is 16.2. The van der Waals surface area contributed by atoms with E-state index in [4.69, 9.17) is 0 Å². The molecule has 2 saturated carbocycles. The lowest BCUT2D eigenvalue weighted by Crippen LogP contribution is -2.16. The number of benzene rings is 1. The molecule has 2 unspecified atom stereocenters. The molecule has 1 amide bonds. The summed E-state index contributed by atoms with van der Waals surface area (Å²) in [7, 11) is 1.93. The minimum absolute atomic E-state index is 0.228. The molecule has 0 spiro atoms. The fraction of sp³-hybridized carbons (Fsp3) is 0.533. The van der Waals surface area contributed by atoms with E-state index in [-0.39, 0.29) is 5.91 Å². The summed E-state index contributed by atoms with van der Waals surface area (Å²) >= 11 is 0. The Kier molecular flexibility index (Phi) is 3.08. The predicted octanol–water partition coefficient (Wildman–Crippen LogP) is 2.39. The SMILES string of the molecule is CNCc1ccc(NC(=O)C2C3CCCC32)cc1. The van der Waals surface area contributed by atoms with Gasteiger partial charge in [0.05, 0.1) is 0 Å². The van der Waals surface area contributed by atoms with Crippen LogP contribution in [0.2, 0.25) is 0 Å². The largest absolute Gasteiger partial charge is 0.326 e. The molecule has 0 radical (unpaired) electrons. The van der Waals surface area contributed by atoms with Crippen LogP contribution in [0.25, 0.3) is 0 Å². The van der Waals surface area contributed by atoms with Crippen LogP contribution in [0.4, 0.5) is 5.69 Å². The van der Waals surface area contributed by atoms with Gasteiger partial charge in [-0.25, -0.2) is 0 Å². The van der Waals surface area contributed by atoms with E-state index < -0.39 is 0 Å². The number of carbonyl (C=O) groups is 1. The highest BCUT2D eigenvalue weighted by Gasteiger charge is 2.56. The number of hydrogen-bond donors (Lipinski definition) is 2. The molecular formula is C15H20N2O. The van der Waals surface area contributed by atoms with Crippen molar-refractivity contribution in [1.29, 1.82) is 0 Å². The quantitative estimate of drug-likeness (QED) is 0.854. The molecule has 0 bridgehead atoms. The van der Waals surface area contributed by atoms with Gasteiger partial charge in [-0.15, -0.1) is 0 Å². The number of nitrogens with one attached hydrogen (secondary N) is 2. The molecule has 18 heavy (non-hydrogen) atoms. The van der Waals surface area contributed by atoms with E-state index in [0.717, 1.165) is 12.2 Å². The Bertz CT molecular complexity index is 430. The third-order valence-electron chi connectivity index (χ3n) is 4.31. The van der Waals surface area contributed by atoms with Gasteiger partial charge in [-0.3, -0.25) is 4.79 Å². The van der Waals surface area contributed by atoms with Crippen molar-refractivity contribution in [2.24, 2.45) is 17.8 Å². The van der Waals surface area contributed by atoms with E-state index in [1.807, 2.05) is 19.2 Å². The molecule has 3 nitrogen and oxygen atoms in total. The Hall–Kier alpha value is -1.35. The Labute approximate surface area is 108 Å². The average molecular weight is 244 g/mol. The maximum absolute atomic E-state index is 12.1. The molecule has 2 aliphatic rings. The summed E-state index contributed by atoms with van der Waals surface area (Å²) in [6.45, 7) is 0.862. The monoisotopic (exact) mass is 244 g/mol. The molecule has 2 atom stereocenters. The molecule has 0 saturated heterocycles. The summed E-state index contributed by atoms with van der Waals surface area (Å²) in [6, 6.07) is 8.09. The summed E-state index contributed by atoms with van der Waals surface area (Å²) in [5.41, 5.74) is 2.16. The van der Waals surface area contributed by atoms with Gasteiger partial charge in [0.15, 0.2) is 0 Å². The maximum Gasteiger partial charge on any atom is 0.228 e. The van der Waals surface area contributed by atoms with E-state index in [9.17, 15) is 4.79 Å². The molecule has 2 N–H and O–H groups in total. The molecule has 0 aliphatic heterocycles. The van der Waals surface area contributed by atoms with E-state index in [2.05, 4.69) is 22.8 Å². The lowest BCUT2D eigenvalue weighted by atomic mass is 10.1. The third kappa shape index (κ3) is 2.15. The third-order valence-corrected chi connectivity index (χ3v) is 4.31. The zero-order valence-corrected chi connectivity index (χ0v) is 10.8. The fourth-order valence-electron chi connectivity index (χ4n) is 3.35. The van der Waals surface area contributed by atoms with E-state index >= 15 is 0 Å². The van der Waals surface area contributed by atoms with Crippen LogP contribution in [0.3, 0.4) is 0 Å². The van der Waals surface area contributed by atoms with Crippen molar-refractivity contribution in [1.82, 2.24) is 5.32 Å². The van der Waals surface area contributed by atoms with Crippen LogP contribution >= 0.6 is 0 Å². The van der Waals surface area contributed by atoms with Crippen LogP contribution in [-0.4, -0.2) is 13.0 Å². The van der Waals surface area contributed by atoms with Gasteiger partial charge in [0, 0.05) is 18.2 Å². The van der Waals surface area contributed by atoms with Crippen molar-refractivity contribution in [3.05, 3.63) is 29.8 Å². The molecule has 3 rings (SSSR count). The normalized spacial score (nSPS) is 28.8. The van der Waals surface area contributed by atoms with E-state index in [1.54, 1.807) is 0 Å². The summed E-state index contributed by atoms with van der Waals surface area (Å²) in [5.74, 6) is 1.91.